The van der Waals surface area contributed by atoms with E-state index in [1.54, 1.807) is 0 Å². The molecule has 4 heteroatoms. The summed E-state index contributed by atoms with van der Waals surface area (Å²) in [6.07, 6.45) is 1.81. The molecule has 1 nitrogen and oxygen atoms in total. The van der Waals surface area contributed by atoms with Gasteiger partial charge in [0, 0.05) is 16.1 Å². The van der Waals surface area contributed by atoms with Crippen LogP contribution in [-0.2, 0) is 0 Å². The van der Waals surface area contributed by atoms with Crippen LogP contribution in [0.15, 0.2) is 16.6 Å². The zero-order valence-electron chi connectivity index (χ0n) is 11.1. The van der Waals surface area contributed by atoms with Crippen LogP contribution in [0.5, 0.6) is 0 Å². The topological polar surface area (TPSA) is 12.0 Å². The van der Waals surface area contributed by atoms with Crippen molar-refractivity contribution in [2.75, 3.05) is 6.54 Å². The maximum atomic E-state index is 14.0. The van der Waals surface area contributed by atoms with Gasteiger partial charge >= 0.3 is 0 Å². The van der Waals surface area contributed by atoms with Crippen LogP contribution in [0.4, 0.5) is 8.78 Å². The van der Waals surface area contributed by atoms with Crippen LogP contribution in [0.1, 0.15) is 45.2 Å². The van der Waals surface area contributed by atoms with Crippen molar-refractivity contribution in [2.24, 2.45) is 5.92 Å². The Hall–Kier alpha value is -0.480. The molecule has 1 aromatic carbocycles. The van der Waals surface area contributed by atoms with Crippen molar-refractivity contribution in [1.82, 2.24) is 5.32 Å². The number of halogens is 3. The zero-order valence-corrected chi connectivity index (χ0v) is 12.7. The fourth-order valence-corrected chi connectivity index (χ4v) is 2.38. The molecule has 0 aliphatic carbocycles. The number of rotatable bonds is 6. The third kappa shape index (κ3) is 3.75. The van der Waals surface area contributed by atoms with E-state index in [9.17, 15) is 8.78 Å². The van der Waals surface area contributed by atoms with Crippen molar-refractivity contribution in [1.29, 1.82) is 0 Å². The average molecular weight is 320 g/mol. The molecule has 1 rings (SSSR count). The number of hydrogen-bond acceptors (Lipinski definition) is 1. The highest BCUT2D eigenvalue weighted by atomic mass is 79.9. The second-order valence-electron chi connectivity index (χ2n) is 4.60. The maximum absolute atomic E-state index is 14.0. The molecular formula is C14H20BrF2N. The first-order valence-corrected chi connectivity index (χ1v) is 7.18. The molecule has 2 atom stereocenters. The zero-order chi connectivity index (χ0) is 13.7. The third-order valence-corrected chi connectivity index (χ3v) is 3.64. The second kappa shape index (κ2) is 7.19. The Bertz CT molecular complexity index is 372. The van der Waals surface area contributed by atoms with E-state index in [0.717, 1.165) is 19.4 Å². The lowest BCUT2D eigenvalue weighted by Gasteiger charge is -2.25. The van der Waals surface area contributed by atoms with Crippen molar-refractivity contribution in [3.63, 3.8) is 0 Å². The van der Waals surface area contributed by atoms with E-state index in [1.807, 2.05) is 20.8 Å². The molecule has 1 N–H and O–H groups in total. The largest absolute Gasteiger partial charge is 0.310 e. The van der Waals surface area contributed by atoms with Crippen molar-refractivity contribution in [3.05, 3.63) is 33.8 Å². The number of benzene rings is 1. The summed E-state index contributed by atoms with van der Waals surface area (Å²) in [6, 6.07) is 2.37. The van der Waals surface area contributed by atoms with E-state index < -0.39 is 11.6 Å². The van der Waals surface area contributed by atoms with Gasteiger partial charge in [-0.3, -0.25) is 0 Å². The second-order valence-corrected chi connectivity index (χ2v) is 5.52. The number of nitrogens with one attached hydrogen (secondary N) is 1. The van der Waals surface area contributed by atoms with Crippen molar-refractivity contribution in [2.45, 2.75) is 39.7 Å². The number of hydrogen-bond donors (Lipinski definition) is 1. The van der Waals surface area contributed by atoms with Gasteiger partial charge in [0.1, 0.15) is 11.6 Å². The Kier molecular flexibility index (Phi) is 6.22. The van der Waals surface area contributed by atoms with Gasteiger partial charge in [-0.1, -0.05) is 43.1 Å². The Labute approximate surface area is 116 Å². The molecule has 0 saturated carbocycles. The van der Waals surface area contributed by atoms with Gasteiger partial charge in [0.25, 0.3) is 0 Å². The van der Waals surface area contributed by atoms with E-state index in [2.05, 4.69) is 21.2 Å². The predicted octanol–water partition coefficient (Wildman–Crippen LogP) is 4.81. The molecule has 0 bridgehead atoms. The summed E-state index contributed by atoms with van der Waals surface area (Å²) in [7, 11) is 0. The van der Waals surface area contributed by atoms with E-state index >= 15 is 0 Å². The molecule has 1 aromatic rings. The van der Waals surface area contributed by atoms with Crippen molar-refractivity contribution >= 4 is 15.9 Å². The maximum Gasteiger partial charge on any atom is 0.132 e. The molecule has 0 aliphatic heterocycles. The van der Waals surface area contributed by atoms with Crippen molar-refractivity contribution in [3.8, 4) is 0 Å². The van der Waals surface area contributed by atoms with Gasteiger partial charge in [-0.05, 0) is 31.0 Å². The molecule has 0 amide bonds. The molecule has 0 heterocycles. The van der Waals surface area contributed by atoms with E-state index in [-0.39, 0.29) is 17.5 Å². The first-order chi connectivity index (χ1) is 8.51. The van der Waals surface area contributed by atoms with Crippen molar-refractivity contribution < 1.29 is 8.78 Å². The lowest BCUT2D eigenvalue weighted by Crippen LogP contribution is -2.29. The average Bonchev–Trinajstić information content (AvgIpc) is 2.31. The van der Waals surface area contributed by atoms with E-state index in [1.165, 1.54) is 12.1 Å². The molecule has 0 spiro atoms. The van der Waals surface area contributed by atoms with Crippen LogP contribution in [-0.4, -0.2) is 6.54 Å². The molecule has 0 radical (unpaired) electrons. The van der Waals surface area contributed by atoms with Crippen LogP contribution < -0.4 is 5.32 Å². The smallest absolute Gasteiger partial charge is 0.132 e. The third-order valence-electron chi connectivity index (χ3n) is 3.18. The van der Waals surface area contributed by atoms with Gasteiger partial charge in [0.15, 0.2) is 0 Å². The molecule has 0 aromatic heterocycles. The first-order valence-electron chi connectivity index (χ1n) is 6.39. The van der Waals surface area contributed by atoms with E-state index in [0.29, 0.717) is 4.47 Å². The lowest BCUT2D eigenvalue weighted by atomic mass is 9.91. The molecular weight excluding hydrogens is 300 g/mol. The van der Waals surface area contributed by atoms with Crippen LogP contribution in [0.25, 0.3) is 0 Å². The summed E-state index contributed by atoms with van der Waals surface area (Å²) in [5.74, 6) is -0.798. The highest BCUT2D eigenvalue weighted by molar-refractivity contribution is 9.10. The van der Waals surface area contributed by atoms with Gasteiger partial charge < -0.3 is 5.32 Å². The van der Waals surface area contributed by atoms with Gasteiger partial charge in [-0.15, -0.1) is 0 Å². The van der Waals surface area contributed by atoms with Gasteiger partial charge in [-0.2, -0.15) is 0 Å². The van der Waals surface area contributed by atoms with E-state index in [4.69, 9.17) is 0 Å². The quantitative estimate of drug-likeness (QED) is 0.793. The van der Waals surface area contributed by atoms with Gasteiger partial charge in [0.05, 0.1) is 0 Å². The van der Waals surface area contributed by atoms with Crippen LogP contribution >= 0.6 is 15.9 Å². The minimum atomic E-state index is -0.490. The summed E-state index contributed by atoms with van der Waals surface area (Å²) in [6.45, 7) is 6.83. The Morgan fingerprint density at radius 3 is 2.22 bits per heavy atom. The minimum Gasteiger partial charge on any atom is -0.310 e. The lowest BCUT2D eigenvalue weighted by molar-refractivity contribution is 0.353. The molecule has 0 fully saturated rings. The SMILES string of the molecule is CCCNC(c1c(F)cc(Br)cc1F)C(C)CC. The summed E-state index contributed by atoms with van der Waals surface area (Å²) < 4.78 is 28.4. The fraction of sp³-hybridized carbons (Fsp3) is 0.571. The summed E-state index contributed by atoms with van der Waals surface area (Å²) in [4.78, 5) is 0. The highest BCUT2D eigenvalue weighted by Gasteiger charge is 2.24. The summed E-state index contributed by atoms with van der Waals surface area (Å²) in [5.41, 5.74) is 0.154. The van der Waals surface area contributed by atoms with Crippen LogP contribution in [0, 0.1) is 17.6 Å². The molecule has 0 saturated heterocycles. The Morgan fingerprint density at radius 2 is 1.78 bits per heavy atom. The van der Waals surface area contributed by atoms with Gasteiger partial charge in [0.2, 0.25) is 0 Å². The molecule has 2 unspecified atom stereocenters. The van der Waals surface area contributed by atoms with Crippen LogP contribution in [0.3, 0.4) is 0 Å². The highest BCUT2D eigenvalue weighted by Crippen LogP contribution is 2.30. The summed E-state index contributed by atoms with van der Waals surface area (Å²) >= 11 is 3.10. The molecule has 18 heavy (non-hydrogen) atoms. The minimum absolute atomic E-state index is 0.154. The molecule has 102 valence electrons. The first kappa shape index (κ1) is 15.6. The van der Waals surface area contributed by atoms with Crippen LogP contribution in [0.2, 0.25) is 0 Å². The molecule has 0 aliphatic rings. The van der Waals surface area contributed by atoms with Gasteiger partial charge in [-0.25, -0.2) is 8.78 Å². The normalized spacial score (nSPS) is 14.6. The predicted molar refractivity (Wildman–Crippen MR) is 74.5 cm³/mol. The monoisotopic (exact) mass is 319 g/mol. The summed E-state index contributed by atoms with van der Waals surface area (Å²) in [5, 5.41) is 3.24. The Morgan fingerprint density at radius 1 is 1.22 bits per heavy atom. The fourth-order valence-electron chi connectivity index (χ4n) is 1.97. The Balaban J connectivity index is 3.11. The standard InChI is InChI=1S/C14H20BrF2N/c1-4-6-18-14(9(3)5-2)13-11(16)7-10(15)8-12(13)17/h7-9,14,18H,4-6H2,1-3H3.